The third-order valence-electron chi connectivity index (χ3n) is 5.35. The van der Waals surface area contributed by atoms with E-state index in [-0.39, 0.29) is 12.1 Å². The first kappa shape index (κ1) is 21.1. The van der Waals surface area contributed by atoms with Gasteiger partial charge in [-0.2, -0.15) is 10.4 Å². The van der Waals surface area contributed by atoms with Crippen LogP contribution in [0.15, 0.2) is 36.8 Å². The van der Waals surface area contributed by atoms with E-state index < -0.39 is 0 Å². The summed E-state index contributed by atoms with van der Waals surface area (Å²) < 4.78 is 13.3. The molecular formula is C23H28N6O2. The topological polar surface area (TPSA) is 102 Å². The smallest absolute Gasteiger partial charge is 0.138 e. The molecule has 0 bridgehead atoms. The van der Waals surface area contributed by atoms with Crippen LogP contribution in [-0.4, -0.2) is 53.0 Å². The molecular weight excluding hydrogens is 392 g/mol. The Labute approximate surface area is 182 Å². The van der Waals surface area contributed by atoms with E-state index in [2.05, 4.69) is 34.9 Å². The molecule has 4 rings (SSSR count). The van der Waals surface area contributed by atoms with Gasteiger partial charge in [0.05, 0.1) is 42.2 Å². The number of hydrogen-bond acceptors (Lipinski definition) is 7. The lowest BCUT2D eigenvalue weighted by atomic mass is 10.1. The van der Waals surface area contributed by atoms with Gasteiger partial charge in [-0.25, -0.2) is 9.50 Å². The molecule has 0 spiro atoms. The van der Waals surface area contributed by atoms with Crippen molar-refractivity contribution >= 4 is 11.3 Å². The Morgan fingerprint density at radius 1 is 1.29 bits per heavy atom. The third-order valence-corrected chi connectivity index (χ3v) is 5.35. The largest absolute Gasteiger partial charge is 0.492 e. The molecule has 0 saturated carbocycles. The number of nitrogens with two attached hydrogens (primary N) is 1. The second kappa shape index (κ2) is 8.92. The standard InChI is InChI=1S/C23H28N6O2/c1-4-30-18-7-19(23-17(8-24)10-27-29(23)11-18)16-5-6-22(26-9-16)28-12-20(25)21(13-28)31-14-15(2)3/h5-7,9-11,15,20-21H,4,12-14,25H2,1-3H3/t20-,21-/m1/s1. The van der Waals surface area contributed by atoms with E-state index in [1.807, 2.05) is 31.3 Å². The molecule has 8 nitrogen and oxygen atoms in total. The van der Waals surface area contributed by atoms with Gasteiger partial charge >= 0.3 is 0 Å². The maximum atomic E-state index is 9.50. The van der Waals surface area contributed by atoms with Crippen LogP contribution in [0, 0.1) is 17.2 Å². The van der Waals surface area contributed by atoms with Crippen LogP contribution in [0.1, 0.15) is 26.3 Å². The van der Waals surface area contributed by atoms with Crippen LogP contribution < -0.4 is 15.4 Å². The van der Waals surface area contributed by atoms with E-state index in [1.165, 1.54) is 0 Å². The van der Waals surface area contributed by atoms with Crippen LogP contribution >= 0.6 is 0 Å². The van der Waals surface area contributed by atoms with Crippen molar-refractivity contribution in [3.8, 4) is 22.9 Å². The van der Waals surface area contributed by atoms with Crippen molar-refractivity contribution in [3.05, 3.63) is 42.4 Å². The van der Waals surface area contributed by atoms with Crippen LogP contribution in [0.5, 0.6) is 5.75 Å². The number of fused-ring (bicyclic) bond motifs is 1. The summed E-state index contributed by atoms with van der Waals surface area (Å²) in [7, 11) is 0. The van der Waals surface area contributed by atoms with Crippen molar-refractivity contribution in [3.63, 3.8) is 0 Å². The Kier molecular flexibility index (Phi) is 6.07. The van der Waals surface area contributed by atoms with Crippen LogP contribution in [0.3, 0.4) is 0 Å². The van der Waals surface area contributed by atoms with Crippen LogP contribution in [0.25, 0.3) is 16.6 Å². The Bertz CT molecular complexity index is 1090. The predicted molar refractivity (Wildman–Crippen MR) is 119 cm³/mol. The van der Waals surface area contributed by atoms with Gasteiger partial charge in [-0.15, -0.1) is 0 Å². The van der Waals surface area contributed by atoms with Gasteiger partial charge in [-0.3, -0.25) is 0 Å². The predicted octanol–water partition coefficient (Wildman–Crippen LogP) is 2.86. The highest BCUT2D eigenvalue weighted by atomic mass is 16.5. The molecule has 2 atom stereocenters. The molecule has 1 fully saturated rings. The number of ether oxygens (including phenoxy) is 2. The van der Waals surface area contributed by atoms with Gasteiger partial charge in [-0.1, -0.05) is 13.8 Å². The summed E-state index contributed by atoms with van der Waals surface area (Å²) in [5.41, 5.74) is 9.29. The molecule has 31 heavy (non-hydrogen) atoms. The molecule has 0 aliphatic carbocycles. The molecule has 162 valence electrons. The first-order valence-corrected chi connectivity index (χ1v) is 10.6. The Morgan fingerprint density at radius 3 is 2.81 bits per heavy atom. The molecule has 4 heterocycles. The number of nitrogens with zero attached hydrogens (tertiary/aromatic N) is 5. The van der Waals surface area contributed by atoms with Crippen LogP contribution in [0.2, 0.25) is 0 Å². The molecule has 0 amide bonds. The van der Waals surface area contributed by atoms with Gasteiger partial charge < -0.3 is 20.1 Å². The van der Waals surface area contributed by atoms with Gasteiger partial charge in [0.15, 0.2) is 0 Å². The SMILES string of the molecule is CCOc1cc(-c2ccc(N3C[C@@H](N)[C@H](OCC(C)C)C3)nc2)c2c(C#N)cnn2c1. The van der Waals surface area contributed by atoms with Crippen LogP contribution in [0.4, 0.5) is 5.82 Å². The lowest BCUT2D eigenvalue weighted by molar-refractivity contribution is 0.0406. The molecule has 3 aromatic rings. The molecule has 0 aromatic carbocycles. The summed E-state index contributed by atoms with van der Waals surface area (Å²) in [5, 5.41) is 13.8. The van der Waals surface area contributed by atoms with Gasteiger partial charge in [0.1, 0.15) is 17.6 Å². The maximum absolute atomic E-state index is 9.50. The van der Waals surface area contributed by atoms with Gasteiger partial charge in [0.2, 0.25) is 0 Å². The molecule has 0 radical (unpaired) electrons. The summed E-state index contributed by atoms with van der Waals surface area (Å²) in [6.07, 6.45) is 5.19. The van der Waals surface area contributed by atoms with E-state index in [0.29, 0.717) is 37.0 Å². The first-order valence-electron chi connectivity index (χ1n) is 10.6. The minimum Gasteiger partial charge on any atom is -0.492 e. The minimum absolute atomic E-state index is 0.0105. The fraction of sp³-hybridized carbons (Fsp3) is 0.435. The number of aromatic nitrogens is 3. The summed E-state index contributed by atoms with van der Waals surface area (Å²) >= 11 is 0. The summed E-state index contributed by atoms with van der Waals surface area (Å²) in [6, 6.07) is 8.11. The van der Waals surface area contributed by atoms with E-state index in [4.69, 9.17) is 15.2 Å². The highest BCUT2D eigenvalue weighted by Crippen LogP contribution is 2.31. The number of hydrogen-bond donors (Lipinski definition) is 1. The Balaban J connectivity index is 1.61. The zero-order chi connectivity index (χ0) is 22.0. The molecule has 3 aromatic heterocycles. The quantitative estimate of drug-likeness (QED) is 0.627. The van der Waals surface area contributed by atoms with E-state index in [9.17, 15) is 5.26 Å². The second-order valence-corrected chi connectivity index (χ2v) is 8.23. The summed E-state index contributed by atoms with van der Waals surface area (Å²) in [6.45, 7) is 8.89. The normalized spacial score (nSPS) is 18.6. The van der Waals surface area contributed by atoms with E-state index in [1.54, 1.807) is 16.9 Å². The van der Waals surface area contributed by atoms with Crippen molar-refractivity contribution in [2.75, 3.05) is 31.2 Å². The number of rotatable bonds is 7. The molecule has 1 aliphatic rings. The van der Waals surface area contributed by atoms with Crippen LogP contribution in [-0.2, 0) is 4.74 Å². The van der Waals surface area contributed by atoms with Gasteiger partial charge in [-0.05, 0) is 31.0 Å². The number of nitriles is 1. The van der Waals surface area contributed by atoms with Gasteiger partial charge in [0, 0.05) is 37.0 Å². The third kappa shape index (κ3) is 4.33. The number of pyridine rings is 2. The van der Waals surface area contributed by atoms with Crippen molar-refractivity contribution in [2.45, 2.75) is 32.9 Å². The highest BCUT2D eigenvalue weighted by molar-refractivity contribution is 5.85. The Hall–Kier alpha value is -3.15. The molecule has 2 N–H and O–H groups in total. The van der Waals surface area contributed by atoms with E-state index in [0.717, 1.165) is 29.0 Å². The Morgan fingerprint density at radius 2 is 2.13 bits per heavy atom. The van der Waals surface area contributed by atoms with Crippen molar-refractivity contribution < 1.29 is 9.47 Å². The molecule has 0 unspecified atom stereocenters. The zero-order valence-electron chi connectivity index (χ0n) is 18.2. The fourth-order valence-electron chi connectivity index (χ4n) is 3.86. The molecule has 1 saturated heterocycles. The average Bonchev–Trinajstić information content (AvgIpc) is 3.35. The maximum Gasteiger partial charge on any atom is 0.138 e. The first-order chi connectivity index (χ1) is 15.0. The van der Waals surface area contributed by atoms with E-state index >= 15 is 0 Å². The summed E-state index contributed by atoms with van der Waals surface area (Å²) in [4.78, 5) is 6.84. The highest BCUT2D eigenvalue weighted by Gasteiger charge is 2.31. The van der Waals surface area contributed by atoms with Gasteiger partial charge in [0.25, 0.3) is 0 Å². The summed E-state index contributed by atoms with van der Waals surface area (Å²) in [5.74, 6) is 2.03. The second-order valence-electron chi connectivity index (χ2n) is 8.23. The molecule has 8 heteroatoms. The number of anilines is 1. The lowest BCUT2D eigenvalue weighted by Gasteiger charge is -2.18. The minimum atomic E-state index is -0.0345. The lowest BCUT2D eigenvalue weighted by Crippen LogP contribution is -2.35. The van der Waals surface area contributed by atoms with Crippen molar-refractivity contribution in [1.82, 2.24) is 14.6 Å². The zero-order valence-corrected chi connectivity index (χ0v) is 18.2. The monoisotopic (exact) mass is 420 g/mol. The van der Waals surface area contributed by atoms with Crippen molar-refractivity contribution in [1.29, 1.82) is 5.26 Å². The fourth-order valence-corrected chi connectivity index (χ4v) is 3.86. The average molecular weight is 421 g/mol. The molecule has 1 aliphatic heterocycles. The van der Waals surface area contributed by atoms with Crippen molar-refractivity contribution in [2.24, 2.45) is 11.7 Å².